The van der Waals surface area contributed by atoms with Crippen molar-refractivity contribution in [2.24, 2.45) is 0 Å². The SMILES string of the molecule is Oc1ccccc1-c1ccccc1-c1ccc(-c2ccc(-c3ccccc3)cc2)cc1-c1ccccc1O. The molecular weight excluding hydrogens is 464 g/mol. The Balaban J connectivity index is 1.51. The first-order valence-electron chi connectivity index (χ1n) is 12.6. The quantitative estimate of drug-likeness (QED) is 0.253. The minimum absolute atomic E-state index is 0.227. The van der Waals surface area contributed by atoms with Crippen molar-refractivity contribution < 1.29 is 10.2 Å². The van der Waals surface area contributed by atoms with Gasteiger partial charge in [0.1, 0.15) is 11.5 Å². The molecule has 0 saturated carbocycles. The minimum atomic E-state index is 0.227. The average Bonchev–Trinajstić information content (AvgIpc) is 2.98. The summed E-state index contributed by atoms with van der Waals surface area (Å²) in [6, 6.07) is 48.2. The van der Waals surface area contributed by atoms with Crippen LogP contribution < -0.4 is 0 Å². The van der Waals surface area contributed by atoms with Gasteiger partial charge in [-0.2, -0.15) is 0 Å². The van der Waals surface area contributed by atoms with Gasteiger partial charge in [0.2, 0.25) is 0 Å². The molecular formula is C36H26O2. The van der Waals surface area contributed by atoms with Gasteiger partial charge >= 0.3 is 0 Å². The van der Waals surface area contributed by atoms with Crippen molar-refractivity contribution in [1.82, 2.24) is 0 Å². The smallest absolute Gasteiger partial charge is 0.123 e. The van der Waals surface area contributed by atoms with Crippen molar-refractivity contribution in [1.29, 1.82) is 0 Å². The van der Waals surface area contributed by atoms with E-state index in [4.69, 9.17) is 0 Å². The first kappa shape index (κ1) is 23.3. The minimum Gasteiger partial charge on any atom is -0.507 e. The van der Waals surface area contributed by atoms with Crippen molar-refractivity contribution in [3.63, 3.8) is 0 Å². The summed E-state index contributed by atoms with van der Waals surface area (Å²) in [6.45, 7) is 0. The van der Waals surface area contributed by atoms with Gasteiger partial charge in [0.25, 0.3) is 0 Å². The van der Waals surface area contributed by atoms with Crippen LogP contribution in [0.3, 0.4) is 0 Å². The fraction of sp³-hybridized carbons (Fsp3) is 0. The van der Waals surface area contributed by atoms with Crippen LogP contribution >= 0.6 is 0 Å². The predicted molar refractivity (Wildman–Crippen MR) is 157 cm³/mol. The highest BCUT2D eigenvalue weighted by atomic mass is 16.3. The van der Waals surface area contributed by atoms with E-state index in [0.29, 0.717) is 0 Å². The van der Waals surface area contributed by atoms with Crippen molar-refractivity contribution in [3.05, 3.63) is 146 Å². The van der Waals surface area contributed by atoms with E-state index in [1.165, 1.54) is 11.1 Å². The Labute approximate surface area is 222 Å². The van der Waals surface area contributed by atoms with Crippen molar-refractivity contribution in [2.45, 2.75) is 0 Å². The van der Waals surface area contributed by atoms with E-state index < -0.39 is 0 Å². The highest BCUT2D eigenvalue weighted by molar-refractivity contribution is 5.95. The first-order valence-corrected chi connectivity index (χ1v) is 12.6. The molecule has 2 heteroatoms. The summed E-state index contributed by atoms with van der Waals surface area (Å²) in [5, 5.41) is 21.5. The van der Waals surface area contributed by atoms with E-state index in [1.807, 2.05) is 72.8 Å². The second kappa shape index (κ2) is 10.1. The zero-order chi connectivity index (χ0) is 25.9. The third-order valence-electron chi connectivity index (χ3n) is 6.95. The number of phenols is 2. The van der Waals surface area contributed by atoms with Gasteiger partial charge in [-0.15, -0.1) is 0 Å². The predicted octanol–water partition coefficient (Wildman–Crippen LogP) is 9.43. The third-order valence-corrected chi connectivity index (χ3v) is 6.95. The Hall–Kier alpha value is -5.08. The van der Waals surface area contributed by atoms with Crippen LogP contribution in [0.4, 0.5) is 0 Å². The Bertz CT molecular complexity index is 1720. The molecule has 0 amide bonds. The van der Waals surface area contributed by atoms with E-state index in [0.717, 1.165) is 44.5 Å². The largest absolute Gasteiger partial charge is 0.507 e. The number of rotatable bonds is 5. The maximum absolute atomic E-state index is 10.8. The normalized spacial score (nSPS) is 10.8. The van der Waals surface area contributed by atoms with Crippen LogP contribution in [0.1, 0.15) is 0 Å². The van der Waals surface area contributed by atoms with Crippen LogP contribution in [-0.4, -0.2) is 10.2 Å². The summed E-state index contributed by atoms with van der Waals surface area (Å²) < 4.78 is 0. The molecule has 0 atom stereocenters. The molecule has 182 valence electrons. The Morgan fingerprint density at radius 1 is 0.263 bits per heavy atom. The van der Waals surface area contributed by atoms with Crippen LogP contribution in [0.25, 0.3) is 55.6 Å². The number of aromatic hydroxyl groups is 2. The van der Waals surface area contributed by atoms with Crippen molar-refractivity contribution >= 4 is 0 Å². The first-order chi connectivity index (χ1) is 18.7. The number of phenolic OH excluding ortho intramolecular Hbond substituents is 2. The molecule has 6 aromatic carbocycles. The molecule has 0 bridgehead atoms. The van der Waals surface area contributed by atoms with Gasteiger partial charge in [0.05, 0.1) is 0 Å². The second-order valence-electron chi connectivity index (χ2n) is 9.28. The molecule has 6 rings (SSSR count). The highest BCUT2D eigenvalue weighted by Crippen LogP contribution is 2.44. The molecule has 0 spiro atoms. The number of para-hydroxylation sites is 2. The second-order valence-corrected chi connectivity index (χ2v) is 9.28. The molecule has 0 fully saturated rings. The van der Waals surface area contributed by atoms with Gasteiger partial charge in [-0.3, -0.25) is 0 Å². The summed E-state index contributed by atoms with van der Waals surface area (Å²) in [6.07, 6.45) is 0. The maximum atomic E-state index is 10.8. The van der Waals surface area contributed by atoms with Crippen LogP contribution in [0.5, 0.6) is 11.5 Å². The van der Waals surface area contributed by atoms with Crippen molar-refractivity contribution in [2.75, 3.05) is 0 Å². The highest BCUT2D eigenvalue weighted by Gasteiger charge is 2.17. The molecule has 0 heterocycles. The lowest BCUT2D eigenvalue weighted by Gasteiger charge is -2.17. The van der Waals surface area contributed by atoms with E-state index >= 15 is 0 Å². The topological polar surface area (TPSA) is 40.5 Å². The zero-order valence-corrected chi connectivity index (χ0v) is 20.8. The number of hydrogen-bond acceptors (Lipinski definition) is 2. The lowest BCUT2D eigenvalue weighted by Crippen LogP contribution is -1.91. The molecule has 0 aliphatic carbocycles. The van der Waals surface area contributed by atoms with Gasteiger partial charge in [-0.05, 0) is 62.7 Å². The van der Waals surface area contributed by atoms with E-state index in [-0.39, 0.29) is 11.5 Å². The molecule has 0 aliphatic rings. The van der Waals surface area contributed by atoms with Gasteiger partial charge in [-0.1, -0.05) is 127 Å². The molecule has 0 saturated heterocycles. The Kier molecular flexibility index (Phi) is 6.21. The monoisotopic (exact) mass is 490 g/mol. The van der Waals surface area contributed by atoms with Crippen LogP contribution in [0, 0.1) is 0 Å². The Morgan fingerprint density at radius 3 is 1.21 bits per heavy atom. The lowest BCUT2D eigenvalue weighted by atomic mass is 9.87. The maximum Gasteiger partial charge on any atom is 0.123 e. The van der Waals surface area contributed by atoms with Gasteiger partial charge in [-0.25, -0.2) is 0 Å². The fourth-order valence-electron chi connectivity index (χ4n) is 5.02. The standard InChI is InChI=1S/C36H26O2/c37-35-16-8-6-14-32(35)30-13-5-4-12-29(30)31-23-22-28(24-34(31)33-15-7-9-17-36(33)38)27-20-18-26(19-21-27)25-10-2-1-3-11-25/h1-24,37-38H. The summed E-state index contributed by atoms with van der Waals surface area (Å²) in [5.41, 5.74) is 9.87. The number of hydrogen-bond donors (Lipinski definition) is 2. The molecule has 0 aromatic heterocycles. The van der Waals surface area contributed by atoms with E-state index in [9.17, 15) is 10.2 Å². The van der Waals surface area contributed by atoms with Gasteiger partial charge < -0.3 is 10.2 Å². The molecule has 0 unspecified atom stereocenters. The van der Waals surface area contributed by atoms with E-state index in [2.05, 4.69) is 60.7 Å². The summed E-state index contributed by atoms with van der Waals surface area (Å²) in [7, 11) is 0. The molecule has 38 heavy (non-hydrogen) atoms. The van der Waals surface area contributed by atoms with Gasteiger partial charge in [0, 0.05) is 11.1 Å². The average molecular weight is 491 g/mol. The zero-order valence-electron chi connectivity index (χ0n) is 20.8. The third kappa shape index (κ3) is 4.44. The van der Waals surface area contributed by atoms with E-state index in [1.54, 1.807) is 12.1 Å². The molecule has 0 aliphatic heterocycles. The van der Waals surface area contributed by atoms with Gasteiger partial charge in [0.15, 0.2) is 0 Å². The Morgan fingerprint density at radius 2 is 0.632 bits per heavy atom. The van der Waals surface area contributed by atoms with Crippen molar-refractivity contribution in [3.8, 4) is 67.1 Å². The summed E-state index contributed by atoms with van der Waals surface area (Å²) in [5.74, 6) is 0.463. The molecule has 2 nitrogen and oxygen atoms in total. The summed E-state index contributed by atoms with van der Waals surface area (Å²) in [4.78, 5) is 0. The van der Waals surface area contributed by atoms with Crippen LogP contribution in [0.15, 0.2) is 146 Å². The lowest BCUT2D eigenvalue weighted by molar-refractivity contribution is 0.477. The molecule has 2 N–H and O–H groups in total. The van der Waals surface area contributed by atoms with Crippen LogP contribution in [0.2, 0.25) is 0 Å². The summed E-state index contributed by atoms with van der Waals surface area (Å²) >= 11 is 0. The fourth-order valence-corrected chi connectivity index (χ4v) is 5.02. The number of benzene rings is 6. The molecule has 6 aromatic rings. The van der Waals surface area contributed by atoms with Crippen LogP contribution in [-0.2, 0) is 0 Å². The molecule has 0 radical (unpaired) electrons.